The number of para-hydroxylation sites is 2. The first kappa shape index (κ1) is 20.5. The molecule has 0 aromatic heterocycles. The van der Waals surface area contributed by atoms with Gasteiger partial charge in [0.2, 0.25) is 0 Å². The smallest absolute Gasteiger partial charge is 0.264 e. The molecule has 4 nitrogen and oxygen atoms in total. The lowest BCUT2D eigenvalue weighted by Crippen LogP contribution is -2.19. The van der Waals surface area contributed by atoms with E-state index in [0.717, 1.165) is 11.1 Å². The fraction of sp³-hybridized carbons (Fsp3) is 0.0435. The maximum absolute atomic E-state index is 12.4. The molecule has 0 spiro atoms. The van der Waals surface area contributed by atoms with Crippen LogP contribution in [0.5, 0.6) is 5.75 Å². The van der Waals surface area contributed by atoms with Gasteiger partial charge >= 0.3 is 0 Å². The van der Waals surface area contributed by atoms with E-state index in [4.69, 9.17) is 27.9 Å². The predicted molar refractivity (Wildman–Crippen MR) is 124 cm³/mol. The van der Waals surface area contributed by atoms with E-state index in [1.165, 1.54) is 11.8 Å². The highest BCUT2D eigenvalue weighted by molar-refractivity contribution is 8.18. The van der Waals surface area contributed by atoms with E-state index in [1.807, 2.05) is 60.7 Å². The van der Waals surface area contributed by atoms with Crippen molar-refractivity contribution < 1.29 is 9.53 Å². The first-order chi connectivity index (χ1) is 14.6. The molecule has 0 aliphatic carbocycles. The van der Waals surface area contributed by atoms with E-state index in [-0.39, 0.29) is 5.91 Å². The Morgan fingerprint density at radius 3 is 2.50 bits per heavy atom. The van der Waals surface area contributed by atoms with Crippen molar-refractivity contribution in [2.45, 2.75) is 6.61 Å². The van der Waals surface area contributed by atoms with Gasteiger partial charge in [0.25, 0.3) is 5.91 Å². The SMILES string of the molecule is O=C1NC(=Nc2ccccc2Cl)S/C1=C/c1ccccc1OCc1ccc(Cl)cc1. The maximum atomic E-state index is 12.4. The standard InChI is InChI=1S/C23H16Cl2N2O2S/c24-17-11-9-15(10-12-17)14-29-20-8-4-1-5-16(20)13-21-22(28)27-23(30-21)26-19-7-3-2-6-18(19)25/h1-13H,14H2,(H,26,27,28)/b21-13+. The number of amidine groups is 1. The highest BCUT2D eigenvalue weighted by atomic mass is 35.5. The van der Waals surface area contributed by atoms with Gasteiger partial charge in [-0.25, -0.2) is 4.99 Å². The van der Waals surface area contributed by atoms with Gasteiger partial charge in [-0.3, -0.25) is 4.79 Å². The number of hydrogen-bond acceptors (Lipinski definition) is 4. The molecule has 1 heterocycles. The van der Waals surface area contributed by atoms with Crippen LogP contribution in [0.4, 0.5) is 5.69 Å². The predicted octanol–water partition coefficient (Wildman–Crippen LogP) is 6.46. The molecule has 7 heteroatoms. The third-order valence-electron chi connectivity index (χ3n) is 4.24. The molecule has 1 N–H and O–H groups in total. The Morgan fingerprint density at radius 2 is 1.70 bits per heavy atom. The second-order valence-electron chi connectivity index (χ2n) is 6.39. The molecular weight excluding hydrogens is 439 g/mol. The first-order valence-corrected chi connectivity index (χ1v) is 10.7. The van der Waals surface area contributed by atoms with Crippen molar-refractivity contribution in [1.29, 1.82) is 0 Å². The number of aliphatic imine (C=N–C) groups is 1. The average Bonchev–Trinajstić information content (AvgIpc) is 3.09. The van der Waals surface area contributed by atoms with Crippen molar-refractivity contribution in [3.05, 3.63) is 98.9 Å². The van der Waals surface area contributed by atoms with E-state index in [9.17, 15) is 4.79 Å². The van der Waals surface area contributed by atoms with Crippen molar-refractivity contribution >= 4 is 57.8 Å². The lowest BCUT2D eigenvalue weighted by atomic mass is 10.2. The van der Waals surface area contributed by atoms with E-state index in [2.05, 4.69) is 10.3 Å². The van der Waals surface area contributed by atoms with Crippen LogP contribution in [-0.4, -0.2) is 11.1 Å². The molecule has 150 valence electrons. The third-order valence-corrected chi connectivity index (χ3v) is 5.72. The van der Waals surface area contributed by atoms with E-state index in [1.54, 1.807) is 18.2 Å². The zero-order valence-electron chi connectivity index (χ0n) is 15.6. The lowest BCUT2D eigenvalue weighted by molar-refractivity contribution is -0.115. The number of rotatable bonds is 5. The Hall–Kier alpha value is -2.73. The molecule has 0 unspecified atom stereocenters. The summed E-state index contributed by atoms with van der Waals surface area (Å²) in [5.41, 5.74) is 2.42. The monoisotopic (exact) mass is 454 g/mol. The Kier molecular flexibility index (Phi) is 6.43. The molecule has 0 radical (unpaired) electrons. The Labute approximate surface area is 188 Å². The largest absolute Gasteiger partial charge is 0.488 e. The second kappa shape index (κ2) is 9.39. The van der Waals surface area contributed by atoms with Gasteiger partial charge in [0, 0.05) is 10.6 Å². The summed E-state index contributed by atoms with van der Waals surface area (Å²) in [5, 5.41) is 4.47. The van der Waals surface area contributed by atoms with Crippen LogP contribution >= 0.6 is 35.0 Å². The number of carbonyl (C=O) groups excluding carboxylic acids is 1. The number of halogens is 2. The minimum Gasteiger partial charge on any atom is -0.488 e. The van der Waals surface area contributed by atoms with E-state index in [0.29, 0.717) is 38.2 Å². The van der Waals surface area contributed by atoms with Crippen LogP contribution < -0.4 is 10.1 Å². The third kappa shape index (κ3) is 5.05. The summed E-state index contributed by atoms with van der Waals surface area (Å²) in [5.74, 6) is 0.475. The van der Waals surface area contributed by atoms with Gasteiger partial charge in [-0.05, 0) is 53.7 Å². The topological polar surface area (TPSA) is 50.7 Å². The number of nitrogens with one attached hydrogen (secondary N) is 1. The van der Waals surface area contributed by atoms with Crippen molar-refractivity contribution in [3.63, 3.8) is 0 Å². The molecule has 3 aromatic rings. The number of nitrogens with zero attached hydrogens (tertiary/aromatic N) is 1. The van der Waals surface area contributed by atoms with Crippen LogP contribution in [0.1, 0.15) is 11.1 Å². The summed E-state index contributed by atoms with van der Waals surface area (Å²) >= 11 is 13.3. The number of amides is 1. The van der Waals surface area contributed by atoms with Gasteiger partial charge < -0.3 is 10.1 Å². The van der Waals surface area contributed by atoms with Crippen molar-refractivity contribution in [1.82, 2.24) is 5.32 Å². The fourth-order valence-electron chi connectivity index (χ4n) is 2.75. The molecule has 1 aliphatic rings. The summed E-state index contributed by atoms with van der Waals surface area (Å²) in [6.45, 7) is 0.399. The first-order valence-electron chi connectivity index (χ1n) is 9.09. The van der Waals surface area contributed by atoms with Gasteiger partial charge in [0.1, 0.15) is 12.4 Å². The zero-order valence-corrected chi connectivity index (χ0v) is 18.0. The Balaban J connectivity index is 1.52. The number of ether oxygens (including phenoxy) is 1. The normalized spacial score (nSPS) is 16.1. The molecule has 1 fully saturated rings. The Bertz CT molecular complexity index is 1140. The molecular formula is C23H16Cl2N2O2S. The van der Waals surface area contributed by atoms with Crippen molar-refractivity contribution in [2.24, 2.45) is 4.99 Å². The van der Waals surface area contributed by atoms with Crippen LogP contribution in [0.15, 0.2) is 82.7 Å². The van der Waals surface area contributed by atoms with E-state index < -0.39 is 0 Å². The highest BCUT2D eigenvalue weighted by Gasteiger charge is 2.24. The molecule has 1 saturated heterocycles. The van der Waals surface area contributed by atoms with Crippen LogP contribution in [0.3, 0.4) is 0 Å². The molecule has 3 aromatic carbocycles. The van der Waals surface area contributed by atoms with E-state index >= 15 is 0 Å². The fourth-order valence-corrected chi connectivity index (χ4v) is 3.88. The molecule has 0 bridgehead atoms. The minimum atomic E-state index is -0.210. The van der Waals surface area contributed by atoms with Crippen LogP contribution in [0, 0.1) is 0 Å². The molecule has 1 aliphatic heterocycles. The van der Waals surface area contributed by atoms with Gasteiger partial charge in [-0.1, -0.05) is 65.7 Å². The summed E-state index contributed by atoms with van der Waals surface area (Å²) in [6, 6.07) is 22.3. The van der Waals surface area contributed by atoms with Crippen LogP contribution in [0.25, 0.3) is 6.08 Å². The number of carbonyl (C=O) groups is 1. The van der Waals surface area contributed by atoms with Gasteiger partial charge in [0.05, 0.1) is 15.6 Å². The highest BCUT2D eigenvalue weighted by Crippen LogP contribution is 2.32. The van der Waals surface area contributed by atoms with Gasteiger partial charge in [-0.2, -0.15) is 0 Å². The number of benzene rings is 3. The lowest BCUT2D eigenvalue weighted by Gasteiger charge is -2.09. The molecule has 30 heavy (non-hydrogen) atoms. The Morgan fingerprint density at radius 1 is 0.967 bits per heavy atom. The minimum absolute atomic E-state index is 0.210. The van der Waals surface area contributed by atoms with Crippen molar-refractivity contribution in [2.75, 3.05) is 0 Å². The quantitative estimate of drug-likeness (QED) is 0.449. The van der Waals surface area contributed by atoms with Crippen LogP contribution in [-0.2, 0) is 11.4 Å². The summed E-state index contributed by atoms with van der Waals surface area (Å²) in [7, 11) is 0. The summed E-state index contributed by atoms with van der Waals surface area (Å²) < 4.78 is 5.97. The van der Waals surface area contributed by atoms with Gasteiger partial charge in [-0.15, -0.1) is 0 Å². The number of hydrogen-bond donors (Lipinski definition) is 1. The number of thioether (sulfide) groups is 1. The maximum Gasteiger partial charge on any atom is 0.264 e. The molecule has 0 atom stereocenters. The van der Waals surface area contributed by atoms with Crippen molar-refractivity contribution in [3.8, 4) is 5.75 Å². The molecule has 1 amide bonds. The average molecular weight is 455 g/mol. The zero-order chi connectivity index (χ0) is 20.9. The van der Waals surface area contributed by atoms with Crippen LogP contribution in [0.2, 0.25) is 10.0 Å². The molecule has 0 saturated carbocycles. The second-order valence-corrected chi connectivity index (χ2v) is 8.26. The molecule has 4 rings (SSSR count). The summed E-state index contributed by atoms with van der Waals surface area (Å²) in [6.07, 6.45) is 1.80. The summed E-state index contributed by atoms with van der Waals surface area (Å²) in [4.78, 5) is 17.4. The van der Waals surface area contributed by atoms with Gasteiger partial charge in [0.15, 0.2) is 5.17 Å².